The van der Waals surface area contributed by atoms with E-state index >= 15 is 0 Å². The lowest BCUT2D eigenvalue weighted by atomic mass is 9.86. The number of rotatable bonds is 7. The van der Waals surface area contributed by atoms with Gasteiger partial charge in [-0.2, -0.15) is 0 Å². The zero-order valence-electron chi connectivity index (χ0n) is 25.2. The summed E-state index contributed by atoms with van der Waals surface area (Å²) < 4.78 is 2.43. The second-order valence-corrected chi connectivity index (χ2v) is 16.9. The maximum absolute atomic E-state index is 13.3. The van der Waals surface area contributed by atoms with Crippen molar-refractivity contribution >= 4 is 48.0 Å². The third-order valence-corrected chi connectivity index (χ3v) is 13.2. The highest BCUT2D eigenvalue weighted by Crippen LogP contribution is 2.43. The van der Waals surface area contributed by atoms with E-state index in [1.54, 1.807) is 6.07 Å². The molecule has 2 aromatic rings. The van der Waals surface area contributed by atoms with Gasteiger partial charge < -0.3 is 15.3 Å². The molecule has 5 aliphatic rings. The van der Waals surface area contributed by atoms with E-state index in [4.69, 9.17) is 0 Å². The first-order valence-electron chi connectivity index (χ1n) is 15.5. The van der Waals surface area contributed by atoms with Gasteiger partial charge in [0.25, 0.3) is 17.7 Å². The molecule has 2 N–H and O–H groups in total. The van der Waals surface area contributed by atoms with Gasteiger partial charge in [0.15, 0.2) is 5.71 Å². The molecule has 2 fully saturated rings. The van der Waals surface area contributed by atoms with Crippen molar-refractivity contribution in [2.24, 2.45) is 0 Å². The van der Waals surface area contributed by atoms with Gasteiger partial charge in [0.1, 0.15) is 21.2 Å². The maximum atomic E-state index is 13.3. The number of nitrogens with zero attached hydrogens (tertiary/aromatic N) is 3. The highest BCUT2D eigenvalue weighted by molar-refractivity contribution is 6.98. The lowest BCUT2D eigenvalue weighted by Gasteiger charge is -2.40. The summed E-state index contributed by atoms with van der Waals surface area (Å²) in [5.41, 5.74) is 7.96. The number of amides is 3. The summed E-state index contributed by atoms with van der Waals surface area (Å²) in [6.07, 6.45) is 11.8. The van der Waals surface area contributed by atoms with Crippen LogP contribution in [0.4, 0.5) is 5.69 Å². The molecule has 2 saturated heterocycles. The lowest BCUT2D eigenvalue weighted by molar-refractivity contribution is -0.582. The number of allylic oxidation sites excluding steroid dienone is 5. The molecule has 0 spiro atoms. The number of carbonyl (C=O) groups excluding carboxylic acids is 3. The van der Waals surface area contributed by atoms with Crippen LogP contribution in [0.2, 0.25) is 13.1 Å². The van der Waals surface area contributed by atoms with Crippen LogP contribution in [0, 0.1) is 0 Å². The first-order chi connectivity index (χ1) is 21.3. The molecule has 0 bridgehead atoms. The molecule has 2 aromatic carbocycles. The van der Waals surface area contributed by atoms with Crippen molar-refractivity contribution < 1.29 is 24.1 Å². The summed E-state index contributed by atoms with van der Waals surface area (Å²) in [6.45, 7) is 9.28. The average Bonchev–Trinajstić information content (AvgIpc) is 3.28. The van der Waals surface area contributed by atoms with Crippen molar-refractivity contribution in [2.45, 2.75) is 32.5 Å². The van der Waals surface area contributed by atoms with Gasteiger partial charge in [-0.15, -0.1) is 0 Å². The highest BCUT2D eigenvalue weighted by atomic mass is 28.3. The first-order valence-corrected chi connectivity index (χ1v) is 18.5. The quantitative estimate of drug-likeness (QED) is 0.288. The summed E-state index contributed by atoms with van der Waals surface area (Å²) in [6, 6.07) is 12.3. The molecular formula is C35H37N4O4Si+. The molecule has 7 rings (SSSR count). The third kappa shape index (κ3) is 4.71. The summed E-state index contributed by atoms with van der Waals surface area (Å²) in [7, 11) is -2.12. The minimum atomic E-state index is -2.12. The van der Waals surface area contributed by atoms with E-state index < -0.39 is 8.07 Å². The van der Waals surface area contributed by atoms with Crippen LogP contribution < -0.4 is 15.4 Å². The molecule has 8 nitrogen and oxygen atoms in total. The number of fused-ring (bicyclic) bond motifs is 2. The Kier molecular flexibility index (Phi) is 7.09. The fourth-order valence-electron chi connectivity index (χ4n) is 6.78. The molecule has 4 heterocycles. The Morgan fingerprint density at radius 2 is 1.73 bits per heavy atom. The van der Waals surface area contributed by atoms with Crippen molar-refractivity contribution in [1.82, 2.24) is 10.2 Å². The summed E-state index contributed by atoms with van der Waals surface area (Å²) in [5, 5.41) is 16.1. The lowest BCUT2D eigenvalue weighted by Crippen LogP contribution is -2.50. The molecule has 0 saturated carbocycles. The van der Waals surface area contributed by atoms with E-state index in [2.05, 4.69) is 64.3 Å². The standard InChI is InChI=1S/C35H36N4O4Si/c1-44(2)30-20-25(37-14-3-15-37)7-9-27(30)34(28-10-8-26(21-31(28)44)38-16-4-17-38)29-19-23(5-6-24(29)22-40)35(43)36-13-18-39-32(41)11-12-33(39)42/h5-12,19-21,40H,3-4,13-18,22H2,1-2H3/p+1. The van der Waals surface area contributed by atoms with Crippen LogP contribution in [-0.2, 0) is 16.2 Å². The number of hydrogen-bond acceptors (Lipinski definition) is 5. The Balaban J connectivity index is 1.31. The van der Waals surface area contributed by atoms with Gasteiger partial charge in [0, 0.05) is 61.7 Å². The van der Waals surface area contributed by atoms with Crippen LogP contribution >= 0.6 is 0 Å². The molecule has 0 aromatic heterocycles. The summed E-state index contributed by atoms with van der Waals surface area (Å²) >= 11 is 0. The van der Waals surface area contributed by atoms with Crippen LogP contribution in [0.1, 0.15) is 39.9 Å². The number of carbonyl (C=O) groups is 3. The fraction of sp³-hybridized carbons (Fsp3) is 0.314. The van der Waals surface area contributed by atoms with Gasteiger partial charge in [0.05, 0.1) is 13.0 Å². The van der Waals surface area contributed by atoms with Crippen molar-refractivity contribution in [3.8, 4) is 0 Å². The fourth-order valence-corrected chi connectivity index (χ4v) is 9.85. The van der Waals surface area contributed by atoms with Crippen LogP contribution in [0.25, 0.3) is 5.57 Å². The summed E-state index contributed by atoms with van der Waals surface area (Å²) in [5.74, 6) is -1.03. The van der Waals surface area contributed by atoms with Crippen molar-refractivity contribution in [1.29, 1.82) is 0 Å². The van der Waals surface area contributed by atoms with E-state index in [0.29, 0.717) is 5.56 Å². The molecule has 0 atom stereocenters. The Morgan fingerprint density at radius 3 is 2.39 bits per heavy atom. The molecule has 0 unspecified atom stereocenters. The molecule has 1 aliphatic carbocycles. The Bertz CT molecular complexity index is 1750. The van der Waals surface area contributed by atoms with E-state index in [0.717, 1.165) is 47.8 Å². The second kappa shape index (κ2) is 11.0. The van der Waals surface area contributed by atoms with Crippen LogP contribution in [-0.4, -0.2) is 85.4 Å². The van der Waals surface area contributed by atoms with Gasteiger partial charge in [-0.3, -0.25) is 19.3 Å². The van der Waals surface area contributed by atoms with E-state index in [9.17, 15) is 19.5 Å². The minimum absolute atomic E-state index is 0.106. The van der Waals surface area contributed by atoms with Crippen LogP contribution in [0.15, 0.2) is 77.5 Å². The largest absolute Gasteiger partial charge is 0.392 e. The zero-order chi connectivity index (χ0) is 30.6. The topological polar surface area (TPSA) is 93.0 Å². The second-order valence-electron chi connectivity index (χ2n) is 12.6. The first kappa shape index (κ1) is 28.4. The molecule has 0 radical (unpaired) electrons. The number of nitrogens with one attached hydrogen (secondary N) is 1. The van der Waals surface area contributed by atoms with Gasteiger partial charge in [-0.25, -0.2) is 4.58 Å². The molecule has 3 amide bonds. The van der Waals surface area contributed by atoms with Gasteiger partial charge in [0.2, 0.25) is 0 Å². The smallest absolute Gasteiger partial charge is 0.253 e. The SMILES string of the molecule is C[Si]1(C)C2=CC(=[N+]3CCC3)C=CC2=C(c2cc(C(=O)NCCN3C(=O)C=CC3=O)ccc2CO)c2ccc(N3CCC3)cc21. The average molecular weight is 606 g/mol. The molecule has 9 heteroatoms. The molecule has 224 valence electrons. The number of aliphatic hydroxyl groups excluding tert-OH is 1. The number of benzene rings is 2. The number of aliphatic hydroxyl groups is 1. The van der Waals surface area contributed by atoms with Crippen LogP contribution in [0.3, 0.4) is 0 Å². The van der Waals surface area contributed by atoms with E-state index in [-0.39, 0.29) is 37.4 Å². The third-order valence-electron chi connectivity index (χ3n) is 9.67. The molecule has 44 heavy (non-hydrogen) atoms. The van der Waals surface area contributed by atoms with Gasteiger partial charge in [-0.1, -0.05) is 25.2 Å². The van der Waals surface area contributed by atoms with Crippen LogP contribution in [0.5, 0.6) is 0 Å². The number of anilines is 1. The summed E-state index contributed by atoms with van der Waals surface area (Å²) in [4.78, 5) is 40.7. The Morgan fingerprint density at radius 1 is 0.955 bits per heavy atom. The van der Waals surface area contributed by atoms with E-state index in [1.807, 2.05) is 12.1 Å². The minimum Gasteiger partial charge on any atom is -0.392 e. The molecule has 4 aliphatic heterocycles. The monoisotopic (exact) mass is 605 g/mol. The predicted molar refractivity (Wildman–Crippen MR) is 174 cm³/mol. The van der Waals surface area contributed by atoms with Gasteiger partial charge in [-0.05, 0) is 75.0 Å². The normalized spacial score (nSPS) is 19.9. The Labute approximate surface area is 258 Å². The predicted octanol–water partition coefficient (Wildman–Crippen LogP) is 2.67. The highest BCUT2D eigenvalue weighted by Gasteiger charge is 2.41. The van der Waals surface area contributed by atoms with E-state index in [1.165, 1.54) is 57.9 Å². The van der Waals surface area contributed by atoms with Crippen molar-refractivity contribution in [2.75, 3.05) is 44.2 Å². The van der Waals surface area contributed by atoms with Gasteiger partial charge >= 0.3 is 0 Å². The number of hydrogen-bond donors (Lipinski definition) is 2. The molecular weight excluding hydrogens is 568 g/mol. The number of imide groups is 1. The zero-order valence-corrected chi connectivity index (χ0v) is 26.2. The maximum Gasteiger partial charge on any atom is 0.253 e. The van der Waals surface area contributed by atoms with Crippen molar-refractivity contribution in [3.05, 3.63) is 99.8 Å². The van der Waals surface area contributed by atoms with Crippen molar-refractivity contribution in [3.63, 3.8) is 0 Å². The Hall–Kier alpha value is -4.34.